The fourth-order valence-corrected chi connectivity index (χ4v) is 4.22. The monoisotopic (exact) mass is 337 g/mol. The van der Waals surface area contributed by atoms with E-state index in [-0.39, 0.29) is 5.91 Å². The van der Waals surface area contributed by atoms with Gasteiger partial charge in [-0.25, -0.2) is 4.98 Å². The molecule has 1 saturated carbocycles. The second-order valence-corrected chi connectivity index (χ2v) is 7.41. The molecule has 1 aromatic carbocycles. The number of carbonyl (C=O) groups excluding carboxylic acids is 1. The van der Waals surface area contributed by atoms with E-state index >= 15 is 0 Å². The van der Waals surface area contributed by atoms with Gasteiger partial charge in [0.2, 0.25) is 0 Å². The largest absolute Gasteiger partial charge is 0.352 e. The topological polar surface area (TPSA) is 46.9 Å². The molecule has 1 amide bonds. The molecule has 4 nitrogen and oxygen atoms in total. The Morgan fingerprint density at radius 1 is 1.20 bits per heavy atom. The van der Waals surface area contributed by atoms with Crippen molar-refractivity contribution in [2.75, 3.05) is 6.54 Å². The third-order valence-corrected chi connectivity index (χ3v) is 5.67. The third kappa shape index (κ3) is 3.63. The van der Waals surface area contributed by atoms with Crippen molar-refractivity contribution in [2.45, 2.75) is 63.8 Å². The number of allylic oxidation sites excluding steroid dienone is 1. The minimum Gasteiger partial charge on any atom is -0.352 e. The molecule has 4 rings (SSSR count). The van der Waals surface area contributed by atoms with Gasteiger partial charge in [0.05, 0.1) is 17.4 Å². The molecular formula is C21H27N3O. The molecule has 1 heterocycles. The first-order chi connectivity index (χ1) is 12.3. The zero-order valence-electron chi connectivity index (χ0n) is 14.8. The maximum atomic E-state index is 12.4. The lowest BCUT2D eigenvalue weighted by Gasteiger charge is -2.13. The summed E-state index contributed by atoms with van der Waals surface area (Å²) in [5, 5.41) is 3.06. The number of rotatable bonds is 5. The van der Waals surface area contributed by atoms with Crippen LogP contribution in [0.1, 0.15) is 74.2 Å². The second-order valence-electron chi connectivity index (χ2n) is 7.41. The second kappa shape index (κ2) is 7.42. The summed E-state index contributed by atoms with van der Waals surface area (Å²) in [6.07, 6.45) is 15.3. The molecule has 0 saturated heterocycles. The molecule has 1 fully saturated rings. The molecule has 0 spiro atoms. The Kier molecular flexibility index (Phi) is 4.86. The summed E-state index contributed by atoms with van der Waals surface area (Å²) in [4.78, 5) is 17.0. The highest BCUT2D eigenvalue weighted by atomic mass is 16.1. The van der Waals surface area contributed by atoms with Crippen LogP contribution in [-0.2, 0) is 0 Å². The van der Waals surface area contributed by atoms with Crippen molar-refractivity contribution in [1.29, 1.82) is 0 Å². The number of amides is 1. The fraction of sp³-hybridized carbons (Fsp3) is 0.524. The van der Waals surface area contributed by atoms with Crippen LogP contribution in [0, 0.1) is 0 Å². The van der Waals surface area contributed by atoms with Crippen molar-refractivity contribution in [3.8, 4) is 0 Å². The molecule has 2 aliphatic rings. The summed E-state index contributed by atoms with van der Waals surface area (Å²) < 4.78 is 2.29. The summed E-state index contributed by atoms with van der Waals surface area (Å²) in [5.41, 5.74) is 4.28. The van der Waals surface area contributed by atoms with Gasteiger partial charge >= 0.3 is 0 Å². The quantitative estimate of drug-likeness (QED) is 0.799. The van der Waals surface area contributed by atoms with Crippen LogP contribution in [0.15, 0.2) is 36.2 Å². The van der Waals surface area contributed by atoms with Gasteiger partial charge in [-0.2, -0.15) is 0 Å². The van der Waals surface area contributed by atoms with Crippen molar-refractivity contribution < 1.29 is 4.79 Å². The molecule has 4 heteroatoms. The van der Waals surface area contributed by atoms with Crippen LogP contribution >= 0.6 is 0 Å². The van der Waals surface area contributed by atoms with Crippen molar-refractivity contribution in [3.05, 3.63) is 41.7 Å². The number of nitrogens with one attached hydrogen (secondary N) is 1. The van der Waals surface area contributed by atoms with E-state index in [1.54, 1.807) is 0 Å². The Hall–Kier alpha value is -2.10. The fourth-order valence-electron chi connectivity index (χ4n) is 4.22. The number of imidazole rings is 1. The van der Waals surface area contributed by atoms with E-state index in [1.165, 1.54) is 56.9 Å². The Morgan fingerprint density at radius 3 is 2.88 bits per heavy atom. The number of nitrogens with zero attached hydrogens (tertiary/aromatic N) is 2. The van der Waals surface area contributed by atoms with Crippen LogP contribution in [0.5, 0.6) is 0 Å². The van der Waals surface area contributed by atoms with Crippen LogP contribution in [-0.4, -0.2) is 22.0 Å². The van der Waals surface area contributed by atoms with Crippen molar-refractivity contribution in [1.82, 2.24) is 14.9 Å². The van der Waals surface area contributed by atoms with Crippen LogP contribution < -0.4 is 5.32 Å². The smallest absolute Gasteiger partial charge is 0.251 e. The molecular weight excluding hydrogens is 310 g/mol. The van der Waals surface area contributed by atoms with E-state index in [2.05, 4.69) is 27.0 Å². The van der Waals surface area contributed by atoms with Gasteiger partial charge in [-0.1, -0.05) is 24.5 Å². The Morgan fingerprint density at radius 2 is 2.08 bits per heavy atom. The lowest BCUT2D eigenvalue weighted by molar-refractivity contribution is 0.0954. The van der Waals surface area contributed by atoms with E-state index in [9.17, 15) is 4.79 Å². The highest BCUT2D eigenvalue weighted by Crippen LogP contribution is 2.32. The highest BCUT2D eigenvalue weighted by Gasteiger charge is 2.19. The molecule has 132 valence electrons. The molecule has 25 heavy (non-hydrogen) atoms. The summed E-state index contributed by atoms with van der Waals surface area (Å²) in [6, 6.07) is 6.49. The van der Waals surface area contributed by atoms with Crippen LogP contribution in [0.2, 0.25) is 0 Å². The first-order valence-electron chi connectivity index (χ1n) is 9.74. The van der Waals surface area contributed by atoms with Crippen molar-refractivity contribution in [3.63, 3.8) is 0 Å². The summed E-state index contributed by atoms with van der Waals surface area (Å²) >= 11 is 0. The molecule has 2 aromatic rings. The number of hydrogen-bond acceptors (Lipinski definition) is 2. The number of benzene rings is 1. The minimum atomic E-state index is 0.00808. The van der Waals surface area contributed by atoms with E-state index in [4.69, 9.17) is 0 Å². The molecule has 1 N–H and O–H groups in total. The molecule has 0 atom stereocenters. The van der Waals surface area contributed by atoms with Crippen molar-refractivity contribution >= 4 is 16.9 Å². The predicted molar refractivity (Wildman–Crippen MR) is 101 cm³/mol. The standard InChI is InChI=1S/C21H27N3O/c25-21(22-13-12-16-6-2-1-3-7-16)17-10-11-20-19(14-17)23-15-24(20)18-8-4-5-9-18/h6,10-11,14-15,18H,1-5,7-9,12-13H2,(H,22,25). The van der Waals surface area contributed by atoms with Crippen LogP contribution in [0.25, 0.3) is 11.0 Å². The summed E-state index contributed by atoms with van der Waals surface area (Å²) in [7, 11) is 0. The maximum Gasteiger partial charge on any atom is 0.251 e. The SMILES string of the molecule is O=C(NCCC1=CCCCC1)c1ccc2c(c1)ncn2C1CCCC1. The average Bonchev–Trinajstić information content (AvgIpc) is 3.31. The number of aromatic nitrogens is 2. The molecule has 2 aliphatic carbocycles. The third-order valence-electron chi connectivity index (χ3n) is 5.67. The van der Waals surface area contributed by atoms with E-state index < -0.39 is 0 Å². The van der Waals surface area contributed by atoms with Gasteiger partial charge in [-0.05, 0) is 63.1 Å². The molecule has 0 bridgehead atoms. The van der Waals surface area contributed by atoms with E-state index in [0.717, 1.165) is 24.0 Å². The van der Waals surface area contributed by atoms with Gasteiger partial charge in [0.15, 0.2) is 0 Å². The highest BCUT2D eigenvalue weighted by molar-refractivity contribution is 5.97. The van der Waals surface area contributed by atoms with Gasteiger partial charge in [0, 0.05) is 18.2 Å². The number of hydrogen-bond donors (Lipinski definition) is 1. The van der Waals surface area contributed by atoms with Crippen LogP contribution in [0.3, 0.4) is 0 Å². The normalized spacial score (nSPS) is 18.5. The molecule has 0 radical (unpaired) electrons. The predicted octanol–water partition coefficient (Wildman–Crippen LogP) is 4.77. The Bertz CT molecular complexity index is 784. The number of carbonyl (C=O) groups is 1. The Balaban J connectivity index is 1.40. The summed E-state index contributed by atoms with van der Waals surface area (Å²) in [5.74, 6) is 0.00808. The average molecular weight is 337 g/mol. The van der Waals surface area contributed by atoms with Gasteiger partial charge in [-0.15, -0.1) is 0 Å². The van der Waals surface area contributed by atoms with Gasteiger partial charge in [0.25, 0.3) is 5.91 Å². The maximum absolute atomic E-state index is 12.4. The Labute approximate surface area is 149 Å². The lowest BCUT2D eigenvalue weighted by Crippen LogP contribution is -2.24. The number of fused-ring (bicyclic) bond motifs is 1. The molecule has 1 aromatic heterocycles. The zero-order valence-corrected chi connectivity index (χ0v) is 14.8. The lowest BCUT2D eigenvalue weighted by atomic mass is 9.97. The van der Waals surface area contributed by atoms with Crippen molar-refractivity contribution in [2.24, 2.45) is 0 Å². The van der Waals surface area contributed by atoms with E-state index in [1.807, 2.05) is 18.5 Å². The van der Waals surface area contributed by atoms with E-state index in [0.29, 0.717) is 11.6 Å². The van der Waals surface area contributed by atoms with Crippen LogP contribution in [0.4, 0.5) is 0 Å². The van der Waals surface area contributed by atoms with Gasteiger partial charge < -0.3 is 9.88 Å². The minimum absolute atomic E-state index is 0.00808. The first kappa shape index (κ1) is 16.4. The van der Waals surface area contributed by atoms with Gasteiger partial charge in [-0.3, -0.25) is 4.79 Å². The molecule has 0 unspecified atom stereocenters. The zero-order chi connectivity index (χ0) is 17.1. The van der Waals surface area contributed by atoms with Gasteiger partial charge in [0.1, 0.15) is 0 Å². The first-order valence-corrected chi connectivity index (χ1v) is 9.74. The molecule has 0 aliphatic heterocycles. The summed E-state index contributed by atoms with van der Waals surface area (Å²) in [6.45, 7) is 0.721.